The second kappa shape index (κ2) is 12.0. The highest BCUT2D eigenvalue weighted by Crippen LogP contribution is 2.48. The van der Waals surface area contributed by atoms with E-state index < -0.39 is 0 Å². The Kier molecular flexibility index (Phi) is 7.38. The van der Waals surface area contributed by atoms with E-state index in [9.17, 15) is 0 Å². The quantitative estimate of drug-likeness (QED) is 0.150. The van der Waals surface area contributed by atoms with E-state index in [0.29, 0.717) is 0 Å². The van der Waals surface area contributed by atoms with Crippen LogP contribution in [-0.4, -0.2) is 18.0 Å². The van der Waals surface area contributed by atoms with Gasteiger partial charge in [-0.3, -0.25) is 0 Å². The Hall–Kier alpha value is -5.73. The molecule has 0 atom stereocenters. The van der Waals surface area contributed by atoms with Crippen molar-refractivity contribution >= 4 is 85.1 Å². The molecule has 0 N–H and O–H groups in total. The Morgan fingerprint density at radius 1 is 0.468 bits per heavy atom. The van der Waals surface area contributed by atoms with E-state index in [2.05, 4.69) is 214 Å². The average molecular weight is 803 g/mol. The van der Waals surface area contributed by atoms with Gasteiger partial charge in [-0.15, -0.1) is 0 Å². The number of nitrogens with zero attached hydrogens (tertiary/aromatic N) is 2. The van der Waals surface area contributed by atoms with E-state index in [1.165, 1.54) is 122 Å². The molecule has 1 aromatic heterocycles. The lowest BCUT2D eigenvalue weighted by atomic mass is 9.26. The largest absolute Gasteiger partial charge is 0.313 e. The van der Waals surface area contributed by atoms with E-state index in [1.54, 1.807) is 0 Å². The molecule has 0 aliphatic carbocycles. The van der Waals surface area contributed by atoms with Crippen LogP contribution in [0.1, 0.15) is 114 Å². The van der Waals surface area contributed by atoms with Crippen LogP contribution in [-0.2, 0) is 21.7 Å². The summed E-state index contributed by atoms with van der Waals surface area (Å²) >= 11 is 0. The number of aromatic nitrogens is 1. The van der Waals surface area contributed by atoms with Gasteiger partial charge in [0.05, 0.1) is 11.0 Å². The van der Waals surface area contributed by atoms with Gasteiger partial charge in [0.2, 0.25) is 13.4 Å². The van der Waals surface area contributed by atoms with Gasteiger partial charge in [0.15, 0.2) is 0 Å². The SMILES string of the molecule is Cc1ccc2c3c1C(C)(C)c1ccccc1B3c1cc(-n3c4ccc(C(C)(C)C)cc4c4cc(C(C)(C)C)ccc43)cc3c1N2c1ccc(C)c2c1B3c1ccccc1C2(C)C. The number of anilines is 3. The molecule has 0 amide bonds. The number of fused-ring (bicyclic) bond motifs is 11. The van der Waals surface area contributed by atoms with Crippen LogP contribution in [0.3, 0.4) is 0 Å². The second-order valence-electron chi connectivity index (χ2n) is 22.3. The molecule has 8 aromatic rings. The third-order valence-corrected chi connectivity index (χ3v) is 15.8. The third-order valence-electron chi connectivity index (χ3n) is 15.8. The van der Waals surface area contributed by atoms with Gasteiger partial charge in [0, 0.05) is 44.4 Å². The maximum atomic E-state index is 2.71. The third kappa shape index (κ3) is 4.74. The number of aryl methyl sites for hydroxylation is 2. The molecule has 5 heterocycles. The molecule has 0 bridgehead atoms. The molecule has 62 heavy (non-hydrogen) atoms. The molecular weight excluding hydrogens is 746 g/mol. The molecule has 0 radical (unpaired) electrons. The number of hydrogen-bond acceptors (Lipinski definition) is 1. The van der Waals surface area contributed by atoms with Crippen LogP contribution in [0.25, 0.3) is 27.5 Å². The fourth-order valence-electron chi connectivity index (χ4n) is 13.0. The summed E-state index contributed by atoms with van der Waals surface area (Å²) in [5.41, 5.74) is 27.5. The number of hydrogen-bond donors (Lipinski definition) is 0. The monoisotopic (exact) mass is 802 g/mol. The van der Waals surface area contributed by atoms with Crippen LogP contribution in [0.5, 0.6) is 0 Å². The van der Waals surface area contributed by atoms with Gasteiger partial charge in [0.1, 0.15) is 0 Å². The molecule has 7 aromatic carbocycles. The highest BCUT2D eigenvalue weighted by Gasteiger charge is 2.52. The van der Waals surface area contributed by atoms with Crippen molar-refractivity contribution in [2.24, 2.45) is 0 Å². The minimum absolute atomic E-state index is 0.0282. The molecule has 4 heteroatoms. The van der Waals surface area contributed by atoms with Crippen molar-refractivity contribution in [2.75, 3.05) is 4.90 Å². The summed E-state index contributed by atoms with van der Waals surface area (Å²) in [6.07, 6.45) is 0. The van der Waals surface area contributed by atoms with Crippen LogP contribution in [0.2, 0.25) is 0 Å². The molecule has 2 nitrogen and oxygen atoms in total. The highest BCUT2D eigenvalue weighted by molar-refractivity contribution is 7.03. The van der Waals surface area contributed by atoms with Crippen molar-refractivity contribution in [1.29, 1.82) is 0 Å². The Balaban J connectivity index is 1.27. The minimum Gasteiger partial charge on any atom is -0.313 e. The molecule has 304 valence electrons. The molecule has 0 fully saturated rings. The van der Waals surface area contributed by atoms with Crippen molar-refractivity contribution in [3.8, 4) is 5.69 Å². The number of benzene rings is 7. The zero-order valence-electron chi connectivity index (χ0n) is 38.6. The molecule has 0 unspecified atom stereocenters. The maximum Gasteiger partial charge on any atom is 0.247 e. The van der Waals surface area contributed by atoms with Gasteiger partial charge in [-0.2, -0.15) is 0 Å². The molecule has 4 aliphatic rings. The zero-order chi connectivity index (χ0) is 43.2. The van der Waals surface area contributed by atoms with E-state index in [4.69, 9.17) is 0 Å². The first-order valence-corrected chi connectivity index (χ1v) is 22.9. The van der Waals surface area contributed by atoms with Crippen molar-refractivity contribution < 1.29 is 0 Å². The van der Waals surface area contributed by atoms with Crippen LogP contribution < -0.4 is 37.7 Å². The maximum absolute atomic E-state index is 2.71. The first-order valence-electron chi connectivity index (χ1n) is 22.9. The standard InChI is InChI=1S/C58H56B2N2/c1-33-21-25-48-52-50(33)57(9,10)40-17-13-15-19-42(40)59(52)44-31-37(61-46-27-23-35(55(3,4)5)29-38(46)39-30-36(56(6,7)8)24-28-47(39)61)32-45-54(44)62(48)49-26-22-34(2)51-53(49)60(45)43-20-16-14-18-41(43)58(51,11)12/h13-32H,1-12H3. The topological polar surface area (TPSA) is 8.17 Å². The average Bonchev–Trinajstić information content (AvgIpc) is 3.55. The van der Waals surface area contributed by atoms with Gasteiger partial charge >= 0.3 is 0 Å². The van der Waals surface area contributed by atoms with Crippen molar-refractivity contribution in [3.05, 3.63) is 166 Å². The van der Waals surface area contributed by atoms with Gasteiger partial charge < -0.3 is 9.47 Å². The van der Waals surface area contributed by atoms with Gasteiger partial charge in [-0.05, 0) is 140 Å². The molecular formula is C58H56B2N2. The van der Waals surface area contributed by atoms with E-state index in [1.807, 2.05) is 0 Å². The Bertz CT molecular complexity index is 3090. The van der Waals surface area contributed by atoms with Crippen LogP contribution in [0.15, 0.2) is 121 Å². The highest BCUT2D eigenvalue weighted by atomic mass is 15.2. The van der Waals surface area contributed by atoms with Gasteiger partial charge in [0.25, 0.3) is 0 Å². The van der Waals surface area contributed by atoms with Gasteiger partial charge in [-0.25, -0.2) is 0 Å². The summed E-state index contributed by atoms with van der Waals surface area (Å²) in [7, 11) is 0. The molecule has 4 aliphatic heterocycles. The summed E-state index contributed by atoms with van der Waals surface area (Å²) in [5, 5.41) is 2.65. The van der Waals surface area contributed by atoms with E-state index >= 15 is 0 Å². The van der Waals surface area contributed by atoms with Gasteiger partial charge in [-0.1, -0.05) is 153 Å². The Labute approximate surface area is 369 Å². The predicted molar refractivity (Wildman–Crippen MR) is 269 cm³/mol. The summed E-state index contributed by atoms with van der Waals surface area (Å²) in [6, 6.07) is 48.2. The van der Waals surface area contributed by atoms with Crippen molar-refractivity contribution in [1.82, 2.24) is 4.57 Å². The molecule has 0 saturated heterocycles. The molecule has 0 spiro atoms. The summed E-state index contributed by atoms with van der Waals surface area (Å²) in [4.78, 5) is 2.71. The van der Waals surface area contributed by atoms with Crippen LogP contribution in [0, 0.1) is 13.8 Å². The van der Waals surface area contributed by atoms with Crippen molar-refractivity contribution in [2.45, 2.75) is 105 Å². The fourth-order valence-corrected chi connectivity index (χ4v) is 13.0. The zero-order valence-corrected chi connectivity index (χ0v) is 38.6. The second-order valence-corrected chi connectivity index (χ2v) is 22.3. The summed E-state index contributed by atoms with van der Waals surface area (Å²) < 4.78 is 2.61. The molecule has 12 rings (SSSR count). The normalized spacial score (nSPS) is 16.2. The predicted octanol–water partition coefficient (Wildman–Crippen LogP) is 10.4. The Morgan fingerprint density at radius 3 is 1.31 bits per heavy atom. The molecule has 0 saturated carbocycles. The first-order chi connectivity index (χ1) is 29.4. The van der Waals surface area contributed by atoms with E-state index in [-0.39, 0.29) is 35.1 Å². The van der Waals surface area contributed by atoms with Crippen molar-refractivity contribution in [3.63, 3.8) is 0 Å². The first kappa shape index (κ1) is 38.0. The lowest BCUT2D eigenvalue weighted by molar-refractivity contribution is 0.590. The minimum atomic E-state index is -0.158. The smallest absolute Gasteiger partial charge is 0.247 e. The number of rotatable bonds is 1. The van der Waals surface area contributed by atoms with Crippen LogP contribution in [0.4, 0.5) is 17.1 Å². The Morgan fingerprint density at radius 2 is 0.887 bits per heavy atom. The van der Waals surface area contributed by atoms with Crippen LogP contribution >= 0.6 is 0 Å². The lowest BCUT2D eigenvalue weighted by Gasteiger charge is -2.51. The van der Waals surface area contributed by atoms with E-state index in [0.717, 1.165) is 0 Å². The summed E-state index contributed by atoms with van der Waals surface area (Å²) in [5.74, 6) is 0. The lowest BCUT2D eigenvalue weighted by Crippen LogP contribution is -2.70. The summed E-state index contributed by atoms with van der Waals surface area (Å²) in [6.45, 7) is 28.7. The fraction of sp³-hybridized carbons (Fsp3) is 0.276.